The third-order valence-electron chi connectivity index (χ3n) is 4.80. The van der Waals surface area contributed by atoms with E-state index >= 15 is 0 Å². The normalized spacial score (nSPS) is 15.8. The number of carbonyl (C=O) groups is 2. The molecule has 11 heteroatoms. The van der Waals surface area contributed by atoms with E-state index < -0.39 is 5.97 Å². The average molecular weight is 493 g/mol. The maximum absolute atomic E-state index is 12.7. The van der Waals surface area contributed by atoms with E-state index in [1.165, 1.54) is 23.1 Å². The van der Waals surface area contributed by atoms with Gasteiger partial charge in [0.15, 0.2) is 11.0 Å². The van der Waals surface area contributed by atoms with Gasteiger partial charge in [-0.1, -0.05) is 17.8 Å². The number of thiophene rings is 2. The van der Waals surface area contributed by atoms with Gasteiger partial charge in [-0.25, -0.2) is 4.79 Å². The molecule has 0 radical (unpaired) electrons. The van der Waals surface area contributed by atoms with Crippen LogP contribution in [-0.2, 0) is 20.8 Å². The molecule has 1 saturated heterocycles. The summed E-state index contributed by atoms with van der Waals surface area (Å²) in [6.45, 7) is 5.35. The Labute approximate surface area is 198 Å². The molecular weight excluding hydrogens is 468 g/mol. The lowest BCUT2D eigenvalue weighted by atomic mass is 10.2. The van der Waals surface area contributed by atoms with Gasteiger partial charge < -0.3 is 14.8 Å². The fourth-order valence-corrected chi connectivity index (χ4v) is 5.78. The van der Waals surface area contributed by atoms with Gasteiger partial charge in [0, 0.05) is 11.5 Å². The van der Waals surface area contributed by atoms with Crippen LogP contribution in [0.15, 0.2) is 28.7 Å². The molecule has 3 aromatic heterocycles. The second-order valence-corrected chi connectivity index (χ2v) is 10.3. The highest BCUT2D eigenvalue weighted by Crippen LogP contribution is 2.31. The fraction of sp³-hybridized carbons (Fsp3) is 0.429. The van der Waals surface area contributed by atoms with Crippen LogP contribution in [0.4, 0.5) is 5.00 Å². The van der Waals surface area contributed by atoms with Crippen molar-refractivity contribution in [3.05, 3.63) is 34.0 Å². The highest BCUT2D eigenvalue weighted by Gasteiger charge is 2.23. The molecule has 4 heterocycles. The first kappa shape index (κ1) is 23.0. The van der Waals surface area contributed by atoms with Crippen LogP contribution in [0.5, 0.6) is 0 Å². The summed E-state index contributed by atoms with van der Waals surface area (Å²) in [6.07, 6.45) is 2.18. The van der Waals surface area contributed by atoms with Gasteiger partial charge in [0.1, 0.15) is 5.00 Å². The number of hydrogen-bond donors (Lipinski definition) is 1. The Bertz CT molecular complexity index is 1070. The monoisotopic (exact) mass is 492 g/mol. The van der Waals surface area contributed by atoms with E-state index in [1.807, 2.05) is 29.0 Å². The number of hydrogen-bond acceptors (Lipinski definition) is 9. The number of anilines is 1. The Kier molecular flexibility index (Phi) is 7.61. The molecule has 4 rings (SSSR count). The van der Waals surface area contributed by atoms with E-state index in [-0.39, 0.29) is 24.4 Å². The zero-order valence-corrected chi connectivity index (χ0v) is 20.3. The van der Waals surface area contributed by atoms with E-state index in [1.54, 1.807) is 24.3 Å². The van der Waals surface area contributed by atoms with Crippen molar-refractivity contribution in [3.8, 4) is 10.7 Å². The topological polar surface area (TPSA) is 95.3 Å². The molecule has 170 valence electrons. The molecule has 8 nitrogen and oxygen atoms in total. The lowest BCUT2D eigenvalue weighted by molar-refractivity contribution is -0.113. The summed E-state index contributed by atoms with van der Waals surface area (Å²) >= 11 is 4.28. The number of thioether (sulfide) groups is 1. The average Bonchev–Trinajstić information content (AvgIpc) is 3.55. The SMILES string of the molecule is CCOC(=O)c1cc(C)sc1NC(=O)CSc1nnc(-c2cccs2)n1C[C@H]1CCCO1. The number of aryl methyl sites for hydroxylation is 1. The summed E-state index contributed by atoms with van der Waals surface area (Å²) in [6, 6.07) is 5.73. The first-order valence-corrected chi connectivity index (χ1v) is 13.0. The van der Waals surface area contributed by atoms with Crippen molar-refractivity contribution in [2.45, 2.75) is 44.5 Å². The maximum Gasteiger partial charge on any atom is 0.341 e. The molecule has 0 unspecified atom stereocenters. The second-order valence-electron chi connectivity index (χ2n) is 7.19. The number of ether oxygens (including phenoxy) is 2. The Morgan fingerprint density at radius 2 is 2.28 bits per heavy atom. The van der Waals surface area contributed by atoms with Gasteiger partial charge in [-0.15, -0.1) is 32.9 Å². The van der Waals surface area contributed by atoms with Gasteiger partial charge in [0.2, 0.25) is 5.91 Å². The molecule has 0 bridgehead atoms. The van der Waals surface area contributed by atoms with Crippen molar-refractivity contribution < 1.29 is 19.1 Å². The molecular formula is C21H24N4O4S3. The van der Waals surface area contributed by atoms with Crippen molar-refractivity contribution >= 4 is 51.3 Å². The Morgan fingerprint density at radius 1 is 1.41 bits per heavy atom. The summed E-state index contributed by atoms with van der Waals surface area (Å²) in [7, 11) is 0. The standard InChI is InChI=1S/C21H24N4O4S3/c1-3-28-20(27)15-10-13(2)32-19(15)22-17(26)12-31-21-24-23-18(16-7-5-9-30-16)25(21)11-14-6-4-8-29-14/h5,7,9-10,14H,3-4,6,8,11-12H2,1-2H3,(H,22,26)/t14-/m1/s1. The van der Waals surface area contributed by atoms with Crippen LogP contribution in [0, 0.1) is 6.92 Å². The van der Waals surface area contributed by atoms with Crippen LogP contribution in [0.3, 0.4) is 0 Å². The van der Waals surface area contributed by atoms with E-state index in [0.717, 1.165) is 35.0 Å². The van der Waals surface area contributed by atoms with Crippen molar-refractivity contribution in [2.75, 3.05) is 24.3 Å². The first-order valence-electron chi connectivity index (χ1n) is 10.3. The first-order chi connectivity index (χ1) is 15.5. The van der Waals surface area contributed by atoms with Crippen molar-refractivity contribution in [1.29, 1.82) is 0 Å². The van der Waals surface area contributed by atoms with Crippen LogP contribution in [0.2, 0.25) is 0 Å². The van der Waals surface area contributed by atoms with Gasteiger partial charge in [-0.2, -0.15) is 0 Å². The van der Waals surface area contributed by atoms with E-state index in [0.29, 0.717) is 22.3 Å². The highest BCUT2D eigenvalue weighted by molar-refractivity contribution is 7.99. The minimum Gasteiger partial charge on any atom is -0.462 e. The molecule has 1 amide bonds. The second kappa shape index (κ2) is 10.6. The minimum atomic E-state index is -0.434. The lowest BCUT2D eigenvalue weighted by Gasteiger charge is -2.14. The number of amides is 1. The van der Waals surface area contributed by atoms with E-state index in [2.05, 4.69) is 15.5 Å². The summed E-state index contributed by atoms with van der Waals surface area (Å²) in [5.74, 6) is 0.285. The largest absolute Gasteiger partial charge is 0.462 e. The Morgan fingerprint density at radius 3 is 3.00 bits per heavy atom. The van der Waals surface area contributed by atoms with Crippen LogP contribution < -0.4 is 5.32 Å². The molecule has 1 atom stereocenters. The van der Waals surface area contributed by atoms with Crippen molar-refractivity contribution in [2.24, 2.45) is 0 Å². The van der Waals surface area contributed by atoms with E-state index in [4.69, 9.17) is 9.47 Å². The molecule has 1 fully saturated rings. The van der Waals surface area contributed by atoms with Crippen molar-refractivity contribution in [1.82, 2.24) is 14.8 Å². The molecule has 3 aromatic rings. The number of carbonyl (C=O) groups excluding carboxylic acids is 2. The number of esters is 1. The third kappa shape index (κ3) is 5.40. The number of rotatable bonds is 9. The van der Waals surface area contributed by atoms with Crippen molar-refractivity contribution in [3.63, 3.8) is 0 Å². The maximum atomic E-state index is 12.7. The predicted molar refractivity (Wildman–Crippen MR) is 127 cm³/mol. The number of aromatic nitrogens is 3. The summed E-state index contributed by atoms with van der Waals surface area (Å²) in [5.41, 5.74) is 0.384. The molecule has 0 saturated carbocycles. The van der Waals surface area contributed by atoms with Crippen LogP contribution in [0.25, 0.3) is 10.7 Å². The lowest BCUT2D eigenvalue weighted by Crippen LogP contribution is -2.18. The fourth-order valence-electron chi connectivity index (χ4n) is 3.40. The highest BCUT2D eigenvalue weighted by atomic mass is 32.2. The summed E-state index contributed by atoms with van der Waals surface area (Å²) in [5, 5.41) is 14.8. The quantitative estimate of drug-likeness (QED) is 0.348. The van der Waals surface area contributed by atoms with Gasteiger partial charge in [-0.05, 0) is 44.2 Å². The molecule has 0 aromatic carbocycles. The number of nitrogens with one attached hydrogen (secondary N) is 1. The van der Waals surface area contributed by atoms with Gasteiger partial charge in [0.05, 0.1) is 35.4 Å². The Balaban J connectivity index is 1.45. The van der Waals surface area contributed by atoms with Gasteiger partial charge >= 0.3 is 5.97 Å². The zero-order chi connectivity index (χ0) is 22.5. The molecule has 0 spiro atoms. The van der Waals surface area contributed by atoms with Crippen LogP contribution >= 0.6 is 34.4 Å². The van der Waals surface area contributed by atoms with Gasteiger partial charge in [-0.3, -0.25) is 9.36 Å². The molecule has 0 aliphatic carbocycles. The predicted octanol–water partition coefficient (Wildman–Crippen LogP) is 4.46. The van der Waals surface area contributed by atoms with Gasteiger partial charge in [0.25, 0.3) is 0 Å². The summed E-state index contributed by atoms with van der Waals surface area (Å²) in [4.78, 5) is 26.8. The minimum absolute atomic E-state index is 0.124. The van der Waals surface area contributed by atoms with E-state index in [9.17, 15) is 9.59 Å². The zero-order valence-electron chi connectivity index (χ0n) is 17.8. The molecule has 32 heavy (non-hydrogen) atoms. The Hall–Kier alpha value is -2.21. The third-order valence-corrected chi connectivity index (χ3v) is 7.60. The van der Waals surface area contributed by atoms with Crippen LogP contribution in [0.1, 0.15) is 35.0 Å². The van der Waals surface area contributed by atoms with Crippen LogP contribution in [-0.4, -0.2) is 51.7 Å². The summed E-state index contributed by atoms with van der Waals surface area (Å²) < 4.78 is 12.9. The smallest absolute Gasteiger partial charge is 0.341 e. The number of nitrogens with zero attached hydrogens (tertiary/aromatic N) is 3. The molecule has 1 aliphatic rings. The molecule has 1 N–H and O–H groups in total. The molecule has 1 aliphatic heterocycles.